The Hall–Kier alpha value is -6.95. The highest BCUT2D eigenvalue weighted by Gasteiger charge is 2.22. The maximum Gasteiger partial charge on any atom is 0.101 e. The van der Waals surface area contributed by atoms with E-state index in [4.69, 9.17) is 0 Å². The molecule has 52 heavy (non-hydrogen) atoms. The van der Waals surface area contributed by atoms with Crippen LogP contribution in [0.1, 0.15) is 16.7 Å². The molecule has 7 aromatic carbocycles. The van der Waals surface area contributed by atoms with Gasteiger partial charge >= 0.3 is 0 Å². The molecule has 0 unspecified atom stereocenters. The molecule has 5 nitrogen and oxygen atoms in total. The zero-order chi connectivity index (χ0) is 34.7. The van der Waals surface area contributed by atoms with Crippen LogP contribution in [0.2, 0.25) is 0 Å². The Bertz CT molecular complexity index is 3520. The van der Waals surface area contributed by atoms with Gasteiger partial charge in [0.15, 0.2) is 0 Å². The topological polar surface area (TPSA) is 81.2 Å². The number of thiophene rings is 2. The first-order valence-electron chi connectivity index (χ1n) is 16.8. The Kier molecular flexibility index (Phi) is 5.84. The lowest BCUT2D eigenvalue weighted by atomic mass is 10.0. The minimum atomic E-state index is 0.627. The van der Waals surface area contributed by atoms with Crippen LogP contribution in [0.4, 0.5) is 0 Å². The van der Waals surface area contributed by atoms with E-state index < -0.39 is 0 Å². The van der Waals surface area contributed by atoms with E-state index >= 15 is 0 Å². The van der Waals surface area contributed by atoms with Gasteiger partial charge in [0.1, 0.15) is 12.1 Å². The summed E-state index contributed by atoms with van der Waals surface area (Å²) in [6, 6.07) is 51.2. The van der Waals surface area contributed by atoms with Gasteiger partial charge in [-0.05, 0) is 78.9 Å². The summed E-state index contributed by atoms with van der Waals surface area (Å²) in [6.45, 7) is 0. The number of fused-ring (bicyclic) bond motifs is 12. The first-order valence-corrected chi connectivity index (χ1v) is 18.4. The van der Waals surface area contributed by atoms with Crippen LogP contribution < -0.4 is 0 Å². The third-order valence-electron chi connectivity index (χ3n) is 10.4. The molecule has 0 radical (unpaired) electrons. The van der Waals surface area contributed by atoms with Crippen LogP contribution in [0.3, 0.4) is 0 Å². The van der Waals surface area contributed by atoms with Crippen LogP contribution in [0.25, 0.3) is 95.3 Å². The molecule has 0 N–H and O–H groups in total. The Labute approximate surface area is 303 Å². The molecule has 0 saturated heterocycles. The molecule has 0 aliphatic carbocycles. The van der Waals surface area contributed by atoms with E-state index in [1.54, 1.807) is 11.3 Å². The zero-order valence-corrected chi connectivity index (χ0v) is 28.8. The van der Waals surface area contributed by atoms with Gasteiger partial charge in [-0.25, -0.2) is 0 Å². The number of benzene rings is 7. The van der Waals surface area contributed by atoms with Crippen LogP contribution in [0.5, 0.6) is 0 Å². The third kappa shape index (κ3) is 3.77. The lowest BCUT2D eigenvalue weighted by Gasteiger charge is -2.10. The Morgan fingerprint density at radius 3 is 1.79 bits per heavy atom. The third-order valence-corrected chi connectivity index (χ3v) is 12.8. The van der Waals surface area contributed by atoms with Gasteiger partial charge in [0, 0.05) is 63.9 Å². The molecule has 0 aliphatic rings. The normalized spacial score (nSPS) is 11.8. The Morgan fingerprint density at radius 1 is 0.423 bits per heavy atom. The molecular formula is C45H21N5S2. The Morgan fingerprint density at radius 2 is 1.08 bits per heavy atom. The summed E-state index contributed by atoms with van der Waals surface area (Å²) in [6.07, 6.45) is 0. The molecule has 4 heterocycles. The van der Waals surface area contributed by atoms with E-state index in [-0.39, 0.29) is 0 Å². The molecule has 0 saturated carbocycles. The monoisotopic (exact) mass is 695 g/mol. The van der Waals surface area contributed by atoms with E-state index in [0.717, 1.165) is 75.2 Å². The van der Waals surface area contributed by atoms with Crippen LogP contribution in [0.15, 0.2) is 127 Å². The van der Waals surface area contributed by atoms with Gasteiger partial charge in [0.05, 0.1) is 54.2 Å². The lowest BCUT2D eigenvalue weighted by molar-refractivity contribution is 1.18. The van der Waals surface area contributed by atoms with Crippen molar-refractivity contribution in [3.05, 3.63) is 144 Å². The number of rotatable bonds is 2. The van der Waals surface area contributed by atoms with Crippen molar-refractivity contribution in [3.63, 3.8) is 0 Å². The largest absolute Gasteiger partial charge is 0.309 e. The SMILES string of the molecule is N#Cc1ccc2c(c1)c1ccccc1n2-c1ccc2sc3ccc(-n4c5ccccc5c5c(C#N)c6sc7c(C#N)cccc7c6cc54)cc3c2c1. The summed E-state index contributed by atoms with van der Waals surface area (Å²) in [5.41, 5.74) is 8.16. The maximum absolute atomic E-state index is 10.7. The van der Waals surface area contributed by atoms with Gasteiger partial charge in [0.25, 0.3) is 0 Å². The highest BCUT2D eigenvalue weighted by Crippen LogP contribution is 2.45. The van der Waals surface area contributed by atoms with Gasteiger partial charge in [0.2, 0.25) is 0 Å². The minimum absolute atomic E-state index is 0.627. The van der Waals surface area contributed by atoms with E-state index in [2.05, 4.69) is 118 Å². The lowest BCUT2D eigenvalue weighted by Crippen LogP contribution is -1.94. The van der Waals surface area contributed by atoms with Crippen molar-refractivity contribution < 1.29 is 0 Å². The predicted octanol–water partition coefficient (Wildman–Crippen LogP) is 12.2. The molecule has 0 aliphatic heterocycles. The maximum atomic E-state index is 10.7. The number of nitrogens with zero attached hydrogens (tertiary/aromatic N) is 5. The number of nitriles is 3. The van der Waals surface area contributed by atoms with Crippen molar-refractivity contribution in [2.45, 2.75) is 0 Å². The van der Waals surface area contributed by atoms with Crippen LogP contribution in [-0.4, -0.2) is 9.13 Å². The number of hydrogen-bond donors (Lipinski definition) is 0. The molecule has 0 fully saturated rings. The second kappa shape index (κ2) is 10.5. The van der Waals surface area contributed by atoms with Crippen molar-refractivity contribution in [3.8, 4) is 29.6 Å². The molecule has 0 amide bonds. The standard InChI is InChI=1S/C45H21N5S2/c46-22-25-12-15-39-32(18-25)29-7-1-3-10-37(29)49(39)27-13-16-41-33(19-27)34-20-28(14-17-42(34)51-41)50-38-11-4-2-8-31(38)43-36(24-48)45-35(21-40(43)50)30-9-5-6-26(23-47)44(30)52-45/h1-21H. The molecule has 4 aromatic heterocycles. The summed E-state index contributed by atoms with van der Waals surface area (Å²) in [7, 11) is 0. The highest BCUT2D eigenvalue weighted by molar-refractivity contribution is 7.26. The van der Waals surface area contributed by atoms with Gasteiger partial charge in [-0.2, -0.15) is 15.8 Å². The summed E-state index contributed by atoms with van der Waals surface area (Å²) in [4.78, 5) is 0. The highest BCUT2D eigenvalue weighted by atomic mass is 32.1. The van der Waals surface area contributed by atoms with E-state index in [1.807, 2.05) is 36.4 Å². The molecule has 7 heteroatoms. The first-order chi connectivity index (χ1) is 25.6. The molecular weight excluding hydrogens is 675 g/mol. The fourth-order valence-electron chi connectivity index (χ4n) is 8.20. The molecule has 0 atom stereocenters. The van der Waals surface area contributed by atoms with Gasteiger partial charge in [-0.3, -0.25) is 0 Å². The fourth-order valence-corrected chi connectivity index (χ4v) is 10.5. The Balaban J connectivity index is 1.19. The summed E-state index contributed by atoms with van der Waals surface area (Å²) in [5, 5.41) is 38.7. The molecule has 0 spiro atoms. The van der Waals surface area contributed by atoms with Crippen LogP contribution in [0, 0.1) is 34.0 Å². The molecule has 11 aromatic rings. The van der Waals surface area contributed by atoms with Crippen molar-refractivity contribution in [1.82, 2.24) is 9.13 Å². The van der Waals surface area contributed by atoms with Crippen LogP contribution in [-0.2, 0) is 0 Å². The second-order valence-corrected chi connectivity index (χ2v) is 15.1. The molecule has 11 rings (SSSR count). The zero-order valence-electron chi connectivity index (χ0n) is 27.2. The molecule has 238 valence electrons. The van der Waals surface area contributed by atoms with Gasteiger partial charge < -0.3 is 9.13 Å². The van der Waals surface area contributed by atoms with Crippen molar-refractivity contribution >= 4 is 107 Å². The van der Waals surface area contributed by atoms with Gasteiger partial charge in [-0.1, -0.05) is 48.5 Å². The minimum Gasteiger partial charge on any atom is -0.309 e. The second-order valence-electron chi connectivity index (χ2n) is 13.0. The average Bonchev–Trinajstić information content (AvgIpc) is 3.94. The van der Waals surface area contributed by atoms with E-state index in [9.17, 15) is 15.8 Å². The van der Waals surface area contributed by atoms with Crippen molar-refractivity contribution in [2.75, 3.05) is 0 Å². The predicted molar refractivity (Wildman–Crippen MR) is 215 cm³/mol. The number of para-hydroxylation sites is 2. The summed E-state index contributed by atoms with van der Waals surface area (Å²) >= 11 is 3.32. The van der Waals surface area contributed by atoms with E-state index in [1.165, 1.54) is 31.5 Å². The summed E-state index contributed by atoms with van der Waals surface area (Å²) in [5.74, 6) is 0. The smallest absolute Gasteiger partial charge is 0.101 e. The van der Waals surface area contributed by atoms with Gasteiger partial charge in [-0.15, -0.1) is 22.7 Å². The number of hydrogen-bond acceptors (Lipinski definition) is 5. The quantitative estimate of drug-likeness (QED) is 0.180. The van der Waals surface area contributed by atoms with Crippen molar-refractivity contribution in [1.29, 1.82) is 15.8 Å². The van der Waals surface area contributed by atoms with E-state index in [0.29, 0.717) is 16.7 Å². The van der Waals surface area contributed by atoms with Crippen molar-refractivity contribution in [2.24, 2.45) is 0 Å². The van der Waals surface area contributed by atoms with Crippen LogP contribution >= 0.6 is 22.7 Å². The fraction of sp³-hybridized carbons (Fsp3) is 0. The molecule has 0 bridgehead atoms. The first kappa shape index (κ1) is 28.8. The number of aromatic nitrogens is 2. The summed E-state index contributed by atoms with van der Waals surface area (Å²) < 4.78 is 8.81. The average molecular weight is 696 g/mol.